The first kappa shape index (κ1) is 9.19. The van der Waals surface area contributed by atoms with Gasteiger partial charge >= 0.3 is 0 Å². The van der Waals surface area contributed by atoms with Crippen LogP contribution in [0.1, 0.15) is 5.56 Å². The second-order valence-electron chi connectivity index (χ2n) is 2.35. The van der Waals surface area contributed by atoms with Crippen LogP contribution >= 0.6 is 0 Å². The van der Waals surface area contributed by atoms with Crippen LogP contribution in [0.5, 0.6) is 0 Å². The first-order valence-corrected chi connectivity index (χ1v) is 3.27. The van der Waals surface area contributed by atoms with Crippen molar-refractivity contribution in [2.45, 2.75) is 6.61 Å². The summed E-state index contributed by atoms with van der Waals surface area (Å²) in [6.07, 6.45) is 0. The summed E-state index contributed by atoms with van der Waals surface area (Å²) in [6, 6.07) is 0. The number of nitrogens with zero attached hydrogens (tertiary/aromatic N) is 1. The van der Waals surface area contributed by atoms with E-state index in [4.69, 9.17) is 34.4 Å². The Bertz CT molecular complexity index is 290. The van der Waals surface area contributed by atoms with Crippen LogP contribution in [-0.2, 0) is 6.61 Å². The molecule has 12 heavy (non-hydrogen) atoms. The lowest BCUT2D eigenvalue weighted by atomic mass is 9.76. The van der Waals surface area contributed by atoms with Crippen LogP contribution in [0.3, 0.4) is 0 Å². The van der Waals surface area contributed by atoms with Gasteiger partial charge in [-0.3, -0.25) is 0 Å². The van der Waals surface area contributed by atoms with Crippen LogP contribution in [0.2, 0.25) is 0 Å². The third-order valence-electron chi connectivity index (χ3n) is 1.60. The Kier molecular flexibility index (Phi) is 2.47. The van der Waals surface area contributed by atoms with Crippen molar-refractivity contribution in [3.63, 3.8) is 0 Å². The summed E-state index contributed by atoms with van der Waals surface area (Å²) in [5, 5.41) is 8.85. The van der Waals surface area contributed by atoms with E-state index in [9.17, 15) is 0 Å². The molecule has 0 aromatic carbocycles. The lowest BCUT2D eigenvalue weighted by Crippen LogP contribution is -2.39. The SMILES string of the molecule is [B]c1nc(N)c([B])c(CO)c1[B]. The van der Waals surface area contributed by atoms with Crippen LogP contribution in [0, 0.1) is 0 Å². The summed E-state index contributed by atoms with van der Waals surface area (Å²) < 4.78 is 0. The quantitative estimate of drug-likeness (QED) is 0.413. The standard InChI is InChI=1S/C6H5B3N2O/c7-3-2(1-12)4(8)6(10)11-5(3)9/h12H,1H2,(H2,10,11). The van der Waals surface area contributed by atoms with Crippen molar-refractivity contribution in [2.24, 2.45) is 0 Å². The number of nitrogens with two attached hydrogens (primary N) is 1. The van der Waals surface area contributed by atoms with E-state index in [-0.39, 0.29) is 28.9 Å². The molecule has 3 N–H and O–H groups in total. The van der Waals surface area contributed by atoms with Gasteiger partial charge < -0.3 is 10.8 Å². The molecule has 0 aliphatic carbocycles. The molecule has 0 amide bonds. The molecule has 1 aromatic rings. The molecule has 3 nitrogen and oxygen atoms in total. The minimum Gasteiger partial charge on any atom is -0.392 e. The zero-order valence-corrected chi connectivity index (χ0v) is 6.41. The van der Waals surface area contributed by atoms with Gasteiger partial charge in [-0.2, -0.15) is 0 Å². The number of aliphatic hydroxyl groups is 1. The molecule has 0 bridgehead atoms. The number of rotatable bonds is 1. The third kappa shape index (κ3) is 1.34. The summed E-state index contributed by atoms with van der Waals surface area (Å²) in [7, 11) is 16.3. The van der Waals surface area contributed by atoms with Gasteiger partial charge in [0.15, 0.2) is 0 Å². The Hall–Kier alpha value is -0.895. The monoisotopic (exact) mass is 154 g/mol. The average molecular weight is 154 g/mol. The molecule has 0 spiro atoms. The Morgan fingerprint density at radius 2 is 1.83 bits per heavy atom. The van der Waals surface area contributed by atoms with Crippen molar-refractivity contribution in [3.05, 3.63) is 5.56 Å². The molecule has 0 atom stereocenters. The lowest BCUT2D eigenvalue weighted by molar-refractivity contribution is 0.284. The molecule has 0 fully saturated rings. The number of nitrogen functional groups attached to an aromatic ring is 1. The smallest absolute Gasteiger partial charge is 0.141 e. The summed E-state index contributed by atoms with van der Waals surface area (Å²) in [4.78, 5) is 3.68. The normalized spacial score (nSPS) is 10.1. The highest BCUT2D eigenvalue weighted by Gasteiger charge is 2.06. The van der Waals surface area contributed by atoms with Gasteiger partial charge in [0.05, 0.1) is 6.61 Å². The molecule has 1 rings (SSSR count). The predicted octanol–water partition coefficient (Wildman–Crippen LogP) is -3.46. The second kappa shape index (κ2) is 3.23. The maximum Gasteiger partial charge on any atom is 0.141 e. The van der Waals surface area contributed by atoms with Gasteiger partial charge in [-0.25, -0.2) is 4.98 Å². The molecule has 1 heterocycles. The van der Waals surface area contributed by atoms with Crippen LogP contribution in [-0.4, -0.2) is 33.6 Å². The molecule has 0 aliphatic heterocycles. The van der Waals surface area contributed by atoms with Gasteiger partial charge in [0.1, 0.15) is 29.4 Å². The van der Waals surface area contributed by atoms with Gasteiger partial charge in [-0.15, -0.1) is 0 Å². The topological polar surface area (TPSA) is 59.1 Å². The highest BCUT2D eigenvalue weighted by molar-refractivity contribution is 6.50. The van der Waals surface area contributed by atoms with Gasteiger partial charge in [0, 0.05) is 0 Å². The Balaban J connectivity index is 3.42. The molecule has 6 radical (unpaired) electrons. The van der Waals surface area contributed by atoms with Gasteiger partial charge in [-0.1, -0.05) is 10.9 Å². The Labute approximate surface area is 74.6 Å². The van der Waals surface area contributed by atoms with E-state index in [1.807, 2.05) is 0 Å². The van der Waals surface area contributed by atoms with Gasteiger partial charge in [0.2, 0.25) is 0 Å². The minimum atomic E-state index is -0.297. The third-order valence-corrected chi connectivity index (χ3v) is 1.60. The predicted molar refractivity (Wildman–Crippen MR) is 50.7 cm³/mol. The van der Waals surface area contributed by atoms with Crippen molar-refractivity contribution in [1.29, 1.82) is 0 Å². The number of hydrogen-bond acceptors (Lipinski definition) is 3. The fraction of sp³-hybridized carbons (Fsp3) is 0.167. The van der Waals surface area contributed by atoms with Crippen LogP contribution in [0.4, 0.5) is 5.82 Å². The largest absolute Gasteiger partial charge is 0.392 e. The molecule has 0 saturated heterocycles. The number of hydrogen-bond donors (Lipinski definition) is 2. The molecular weight excluding hydrogens is 149 g/mol. The summed E-state index contributed by atoms with van der Waals surface area (Å²) in [5.41, 5.74) is 6.17. The molecule has 0 aliphatic rings. The van der Waals surface area contributed by atoms with Crippen LogP contribution in [0.25, 0.3) is 0 Å². The van der Waals surface area contributed by atoms with E-state index in [0.717, 1.165) is 0 Å². The molecule has 6 heteroatoms. The number of aliphatic hydroxyl groups excluding tert-OH is 1. The van der Waals surface area contributed by atoms with Gasteiger partial charge in [-0.05, 0) is 11.2 Å². The fourth-order valence-electron chi connectivity index (χ4n) is 0.875. The molecule has 54 valence electrons. The zero-order chi connectivity index (χ0) is 9.30. The first-order chi connectivity index (χ1) is 5.57. The van der Waals surface area contributed by atoms with Crippen molar-refractivity contribution >= 4 is 45.9 Å². The van der Waals surface area contributed by atoms with Crippen molar-refractivity contribution in [1.82, 2.24) is 4.98 Å². The summed E-state index contributed by atoms with van der Waals surface area (Å²) in [5.74, 6) is 0.0887. The average Bonchev–Trinajstić information content (AvgIpc) is 2.02. The van der Waals surface area contributed by atoms with Gasteiger partial charge in [0.25, 0.3) is 0 Å². The molecule has 0 saturated carbocycles. The van der Waals surface area contributed by atoms with Crippen molar-refractivity contribution in [2.75, 3.05) is 5.73 Å². The second-order valence-corrected chi connectivity index (χ2v) is 2.35. The van der Waals surface area contributed by atoms with Crippen molar-refractivity contribution in [3.8, 4) is 0 Å². The molecule has 0 unspecified atom stereocenters. The lowest BCUT2D eigenvalue weighted by Gasteiger charge is -2.12. The Morgan fingerprint density at radius 1 is 1.25 bits per heavy atom. The number of pyridine rings is 1. The maximum absolute atomic E-state index is 8.85. The number of anilines is 1. The highest BCUT2D eigenvalue weighted by atomic mass is 16.3. The number of aromatic nitrogens is 1. The Morgan fingerprint density at radius 3 is 2.33 bits per heavy atom. The van der Waals surface area contributed by atoms with Crippen LogP contribution < -0.4 is 22.3 Å². The maximum atomic E-state index is 8.85. The van der Waals surface area contributed by atoms with Crippen molar-refractivity contribution < 1.29 is 5.11 Å². The van der Waals surface area contributed by atoms with E-state index in [2.05, 4.69) is 4.98 Å². The molecule has 1 aromatic heterocycles. The van der Waals surface area contributed by atoms with Crippen LogP contribution in [0.15, 0.2) is 0 Å². The highest BCUT2D eigenvalue weighted by Crippen LogP contribution is 1.92. The zero-order valence-electron chi connectivity index (χ0n) is 6.41. The van der Waals surface area contributed by atoms with E-state index in [1.165, 1.54) is 0 Å². The van der Waals surface area contributed by atoms with E-state index < -0.39 is 0 Å². The van der Waals surface area contributed by atoms with E-state index in [1.54, 1.807) is 0 Å². The summed E-state index contributed by atoms with van der Waals surface area (Å²) in [6.45, 7) is -0.297. The van der Waals surface area contributed by atoms with E-state index >= 15 is 0 Å². The fourth-order valence-corrected chi connectivity index (χ4v) is 0.875. The van der Waals surface area contributed by atoms with E-state index in [0.29, 0.717) is 5.56 Å². The molecular formula is C6H5B3N2O. The summed E-state index contributed by atoms with van der Waals surface area (Å²) >= 11 is 0. The first-order valence-electron chi connectivity index (χ1n) is 3.27. The minimum absolute atomic E-state index is 0.0887.